The van der Waals surface area contributed by atoms with E-state index in [1.807, 2.05) is 32.9 Å². The van der Waals surface area contributed by atoms with Gasteiger partial charge in [0, 0.05) is 6.42 Å². The summed E-state index contributed by atoms with van der Waals surface area (Å²) in [6.07, 6.45) is 0.616. The second-order valence-electron chi connectivity index (χ2n) is 4.36. The van der Waals surface area contributed by atoms with Crippen LogP contribution in [0.15, 0.2) is 24.3 Å². The molecule has 0 radical (unpaired) electrons. The lowest BCUT2D eigenvalue weighted by atomic mass is 9.86. The fourth-order valence-corrected chi connectivity index (χ4v) is 1.23. The molecule has 0 aromatic heterocycles. The van der Waals surface area contributed by atoms with Gasteiger partial charge >= 0.3 is 0 Å². The van der Waals surface area contributed by atoms with Crippen molar-refractivity contribution in [3.05, 3.63) is 29.8 Å². The first-order valence-corrected chi connectivity index (χ1v) is 4.92. The van der Waals surface area contributed by atoms with Crippen molar-refractivity contribution < 1.29 is 10.2 Å². The fraction of sp³-hybridized carbons (Fsp3) is 0.500. The summed E-state index contributed by atoms with van der Waals surface area (Å²) in [5, 5.41) is 19.2. The Morgan fingerprint density at radius 1 is 1.21 bits per heavy atom. The largest absolute Gasteiger partial charge is 0.508 e. The van der Waals surface area contributed by atoms with Gasteiger partial charge in [-0.05, 0) is 30.5 Å². The Labute approximate surface area is 85.2 Å². The van der Waals surface area contributed by atoms with Gasteiger partial charge in [0.1, 0.15) is 5.75 Å². The molecule has 0 fully saturated rings. The molecule has 0 aliphatic heterocycles. The van der Waals surface area contributed by atoms with Crippen molar-refractivity contribution in [2.45, 2.75) is 32.8 Å². The summed E-state index contributed by atoms with van der Waals surface area (Å²) in [6.45, 7) is 5.84. The first-order valence-electron chi connectivity index (χ1n) is 4.92. The van der Waals surface area contributed by atoms with Crippen LogP contribution in [0.4, 0.5) is 0 Å². The average molecular weight is 194 g/mol. The minimum Gasteiger partial charge on any atom is -0.508 e. The Balaban J connectivity index is 2.74. The average Bonchev–Trinajstić information content (AvgIpc) is 2.08. The van der Waals surface area contributed by atoms with Gasteiger partial charge in [0.05, 0.1) is 5.60 Å². The van der Waals surface area contributed by atoms with E-state index in [1.165, 1.54) is 0 Å². The number of hydrogen-bond donors (Lipinski definition) is 2. The maximum absolute atomic E-state index is 10.1. The van der Waals surface area contributed by atoms with Crippen LogP contribution in [0.3, 0.4) is 0 Å². The molecule has 1 rings (SSSR count). The second kappa shape index (κ2) is 4.01. The van der Waals surface area contributed by atoms with Crippen LogP contribution in [-0.2, 0) is 6.42 Å². The number of aromatic hydroxyl groups is 1. The minimum absolute atomic E-state index is 0.219. The van der Waals surface area contributed by atoms with E-state index in [4.69, 9.17) is 5.11 Å². The number of phenolic OH excluding ortho intramolecular Hbond substituents is 1. The number of benzene rings is 1. The molecule has 2 nitrogen and oxygen atoms in total. The van der Waals surface area contributed by atoms with Gasteiger partial charge in [-0.25, -0.2) is 0 Å². The van der Waals surface area contributed by atoms with E-state index >= 15 is 0 Å². The SMILES string of the molecule is CC(C)C(C)(O)Cc1ccc(O)cc1. The van der Waals surface area contributed by atoms with Crippen molar-refractivity contribution in [1.82, 2.24) is 0 Å². The second-order valence-corrected chi connectivity index (χ2v) is 4.36. The molecule has 0 bridgehead atoms. The van der Waals surface area contributed by atoms with Gasteiger partial charge in [-0.2, -0.15) is 0 Å². The van der Waals surface area contributed by atoms with E-state index in [0.29, 0.717) is 6.42 Å². The molecule has 0 saturated carbocycles. The predicted octanol–water partition coefficient (Wildman–Crippen LogP) is 2.34. The highest BCUT2D eigenvalue weighted by molar-refractivity contribution is 5.26. The van der Waals surface area contributed by atoms with E-state index in [1.54, 1.807) is 12.1 Å². The van der Waals surface area contributed by atoms with Gasteiger partial charge in [-0.3, -0.25) is 0 Å². The highest BCUT2D eigenvalue weighted by Gasteiger charge is 2.24. The zero-order valence-corrected chi connectivity index (χ0v) is 8.99. The number of rotatable bonds is 3. The molecule has 0 saturated heterocycles. The molecule has 14 heavy (non-hydrogen) atoms. The van der Waals surface area contributed by atoms with Crippen molar-refractivity contribution >= 4 is 0 Å². The maximum Gasteiger partial charge on any atom is 0.115 e. The standard InChI is InChI=1S/C12H18O2/c1-9(2)12(3,14)8-10-4-6-11(13)7-5-10/h4-7,9,13-14H,8H2,1-3H3. The van der Waals surface area contributed by atoms with E-state index in [-0.39, 0.29) is 11.7 Å². The molecule has 1 atom stereocenters. The Bertz CT molecular complexity index is 286. The lowest BCUT2D eigenvalue weighted by Crippen LogP contribution is -2.33. The third kappa shape index (κ3) is 2.74. The number of aliphatic hydroxyl groups is 1. The molecule has 0 aliphatic carbocycles. The smallest absolute Gasteiger partial charge is 0.115 e. The van der Waals surface area contributed by atoms with Crippen LogP contribution in [-0.4, -0.2) is 15.8 Å². The third-order valence-corrected chi connectivity index (χ3v) is 2.74. The maximum atomic E-state index is 10.1. The van der Waals surface area contributed by atoms with E-state index in [2.05, 4.69) is 0 Å². The molecule has 0 heterocycles. The van der Waals surface area contributed by atoms with Gasteiger partial charge in [-0.1, -0.05) is 26.0 Å². The molecule has 0 aliphatic rings. The van der Waals surface area contributed by atoms with Crippen LogP contribution in [0.1, 0.15) is 26.3 Å². The predicted molar refractivity (Wildman–Crippen MR) is 57.3 cm³/mol. The van der Waals surface area contributed by atoms with Crippen molar-refractivity contribution in [3.8, 4) is 5.75 Å². The quantitative estimate of drug-likeness (QED) is 0.775. The van der Waals surface area contributed by atoms with Crippen LogP contribution in [0.25, 0.3) is 0 Å². The van der Waals surface area contributed by atoms with Crippen molar-refractivity contribution in [3.63, 3.8) is 0 Å². The Hall–Kier alpha value is -1.02. The van der Waals surface area contributed by atoms with Gasteiger partial charge < -0.3 is 10.2 Å². The van der Waals surface area contributed by atoms with Gasteiger partial charge in [-0.15, -0.1) is 0 Å². The monoisotopic (exact) mass is 194 g/mol. The first kappa shape index (κ1) is 11.1. The molecule has 2 heteroatoms. The number of phenols is 1. The summed E-state index contributed by atoms with van der Waals surface area (Å²) < 4.78 is 0. The van der Waals surface area contributed by atoms with E-state index < -0.39 is 5.60 Å². The minimum atomic E-state index is -0.684. The van der Waals surface area contributed by atoms with E-state index in [9.17, 15) is 5.11 Å². The lowest BCUT2D eigenvalue weighted by molar-refractivity contribution is 0.0139. The summed E-state index contributed by atoms with van der Waals surface area (Å²) in [7, 11) is 0. The highest BCUT2D eigenvalue weighted by atomic mass is 16.3. The third-order valence-electron chi connectivity index (χ3n) is 2.74. The van der Waals surface area contributed by atoms with E-state index in [0.717, 1.165) is 5.56 Å². The summed E-state index contributed by atoms with van der Waals surface area (Å²) in [6, 6.07) is 6.97. The Morgan fingerprint density at radius 3 is 2.14 bits per heavy atom. The molecule has 1 aromatic carbocycles. The Kier molecular flexibility index (Phi) is 3.17. The normalized spacial score (nSPS) is 15.5. The molecular weight excluding hydrogens is 176 g/mol. The van der Waals surface area contributed by atoms with Crippen LogP contribution in [0, 0.1) is 5.92 Å². The van der Waals surface area contributed by atoms with Crippen molar-refractivity contribution in [1.29, 1.82) is 0 Å². The molecule has 1 unspecified atom stereocenters. The topological polar surface area (TPSA) is 40.5 Å². The molecule has 2 N–H and O–H groups in total. The van der Waals surface area contributed by atoms with Crippen molar-refractivity contribution in [2.24, 2.45) is 5.92 Å². The highest BCUT2D eigenvalue weighted by Crippen LogP contribution is 2.22. The van der Waals surface area contributed by atoms with Crippen molar-refractivity contribution in [2.75, 3.05) is 0 Å². The van der Waals surface area contributed by atoms with Crippen LogP contribution < -0.4 is 0 Å². The van der Waals surface area contributed by atoms with Gasteiger partial charge in [0.2, 0.25) is 0 Å². The zero-order chi connectivity index (χ0) is 10.8. The molecular formula is C12H18O2. The summed E-state index contributed by atoms with van der Waals surface area (Å²) in [5.41, 5.74) is 0.359. The number of hydrogen-bond acceptors (Lipinski definition) is 2. The molecule has 78 valence electrons. The fourth-order valence-electron chi connectivity index (χ4n) is 1.23. The molecule has 0 spiro atoms. The first-order chi connectivity index (χ1) is 6.42. The van der Waals surface area contributed by atoms with Crippen LogP contribution in [0.2, 0.25) is 0 Å². The van der Waals surface area contributed by atoms with Gasteiger partial charge in [0.25, 0.3) is 0 Å². The van der Waals surface area contributed by atoms with Crippen LogP contribution >= 0.6 is 0 Å². The summed E-state index contributed by atoms with van der Waals surface area (Å²) in [5.74, 6) is 0.481. The molecule has 0 amide bonds. The zero-order valence-electron chi connectivity index (χ0n) is 8.99. The summed E-state index contributed by atoms with van der Waals surface area (Å²) in [4.78, 5) is 0. The lowest BCUT2D eigenvalue weighted by Gasteiger charge is -2.27. The van der Waals surface area contributed by atoms with Gasteiger partial charge in [0.15, 0.2) is 0 Å². The van der Waals surface area contributed by atoms with Crippen LogP contribution in [0.5, 0.6) is 5.75 Å². The molecule has 1 aromatic rings. The summed E-state index contributed by atoms with van der Waals surface area (Å²) >= 11 is 0. The Morgan fingerprint density at radius 2 is 1.71 bits per heavy atom.